The first-order valence-electron chi connectivity index (χ1n) is 10.2. The first-order chi connectivity index (χ1) is 14.2. The van der Waals surface area contributed by atoms with Crippen LogP contribution < -0.4 is 5.32 Å². The fourth-order valence-corrected chi connectivity index (χ4v) is 4.98. The van der Waals surface area contributed by atoms with Gasteiger partial charge >= 0.3 is 6.18 Å². The molecule has 1 aliphatic carbocycles. The van der Waals surface area contributed by atoms with Crippen molar-refractivity contribution in [3.63, 3.8) is 0 Å². The van der Waals surface area contributed by atoms with Gasteiger partial charge in [-0.1, -0.05) is 6.08 Å². The van der Waals surface area contributed by atoms with Crippen LogP contribution in [-0.2, 0) is 20.9 Å². The summed E-state index contributed by atoms with van der Waals surface area (Å²) < 4.78 is 70.9. The van der Waals surface area contributed by atoms with Crippen molar-refractivity contribution in [3.05, 3.63) is 42.5 Å². The lowest BCUT2D eigenvalue weighted by Crippen LogP contribution is -2.40. The van der Waals surface area contributed by atoms with E-state index in [9.17, 15) is 21.6 Å². The van der Waals surface area contributed by atoms with Gasteiger partial charge in [0.2, 0.25) is 10.0 Å². The van der Waals surface area contributed by atoms with Gasteiger partial charge in [0.15, 0.2) is 0 Å². The summed E-state index contributed by atoms with van der Waals surface area (Å²) >= 11 is 0. The summed E-state index contributed by atoms with van der Waals surface area (Å²) in [5.74, 6) is 0. The van der Waals surface area contributed by atoms with Gasteiger partial charge in [-0.3, -0.25) is 0 Å². The zero-order chi connectivity index (χ0) is 22.2. The van der Waals surface area contributed by atoms with Crippen LogP contribution in [0.1, 0.15) is 44.1 Å². The Morgan fingerprint density at radius 1 is 1.17 bits per heavy atom. The molecule has 170 valence electrons. The number of halogens is 3. The fourth-order valence-electron chi connectivity index (χ4n) is 3.56. The lowest BCUT2D eigenvalue weighted by Gasteiger charge is -2.34. The van der Waals surface area contributed by atoms with Gasteiger partial charge in [-0.25, -0.2) is 8.42 Å². The molecule has 9 heteroatoms. The molecule has 2 rings (SSSR count). The Bertz CT molecular complexity index is 759. The van der Waals surface area contributed by atoms with Crippen LogP contribution in [0.2, 0.25) is 0 Å². The average Bonchev–Trinajstić information content (AvgIpc) is 2.72. The second kappa shape index (κ2) is 11.3. The molecule has 0 heterocycles. The van der Waals surface area contributed by atoms with Crippen LogP contribution in [0.5, 0.6) is 0 Å². The maximum absolute atomic E-state index is 12.8. The van der Waals surface area contributed by atoms with E-state index in [1.54, 1.807) is 0 Å². The largest absolute Gasteiger partial charge is 0.416 e. The minimum atomic E-state index is -4.49. The van der Waals surface area contributed by atoms with Gasteiger partial charge in [0.05, 0.1) is 16.6 Å². The monoisotopic (exact) mass is 448 g/mol. The third kappa shape index (κ3) is 7.08. The van der Waals surface area contributed by atoms with Crippen molar-refractivity contribution in [1.82, 2.24) is 9.62 Å². The Kier molecular flexibility index (Phi) is 9.33. The highest BCUT2D eigenvalue weighted by molar-refractivity contribution is 7.89. The molecule has 30 heavy (non-hydrogen) atoms. The molecule has 0 bridgehead atoms. The minimum Gasteiger partial charge on any atom is -0.378 e. The lowest BCUT2D eigenvalue weighted by molar-refractivity contribution is -0.137. The smallest absolute Gasteiger partial charge is 0.378 e. The van der Waals surface area contributed by atoms with Crippen LogP contribution in [0, 0.1) is 0 Å². The van der Waals surface area contributed by atoms with E-state index in [2.05, 4.69) is 11.9 Å². The summed E-state index contributed by atoms with van der Waals surface area (Å²) in [5.41, 5.74) is -0.863. The Hall–Kier alpha value is -1.42. The van der Waals surface area contributed by atoms with Gasteiger partial charge in [0.1, 0.15) is 0 Å². The summed E-state index contributed by atoms with van der Waals surface area (Å²) in [6.45, 7) is 6.06. The second-order valence-corrected chi connectivity index (χ2v) is 9.54. The summed E-state index contributed by atoms with van der Waals surface area (Å²) in [7, 11) is -2.34. The van der Waals surface area contributed by atoms with Gasteiger partial charge in [0.25, 0.3) is 0 Å². The molecule has 1 N–H and O–H groups in total. The Morgan fingerprint density at radius 3 is 2.37 bits per heavy atom. The van der Waals surface area contributed by atoms with Crippen molar-refractivity contribution in [2.24, 2.45) is 0 Å². The Labute approximate surface area is 177 Å². The molecule has 5 nitrogen and oxygen atoms in total. The number of sulfonamides is 1. The van der Waals surface area contributed by atoms with Gasteiger partial charge in [-0.15, -0.1) is 6.58 Å². The summed E-state index contributed by atoms with van der Waals surface area (Å²) in [6.07, 6.45) is 2.33. The van der Waals surface area contributed by atoms with Crippen LogP contribution in [0.3, 0.4) is 0 Å². The molecule has 1 saturated carbocycles. The number of nitrogens with zero attached hydrogens (tertiary/aromatic N) is 1. The molecule has 0 saturated heterocycles. The number of hydrogen-bond acceptors (Lipinski definition) is 4. The van der Waals surface area contributed by atoms with E-state index in [4.69, 9.17) is 4.74 Å². The fraction of sp³-hybridized carbons (Fsp3) is 0.619. The van der Waals surface area contributed by atoms with Crippen molar-refractivity contribution in [1.29, 1.82) is 0 Å². The maximum Gasteiger partial charge on any atom is 0.416 e. The van der Waals surface area contributed by atoms with Crippen molar-refractivity contribution in [2.45, 2.75) is 61.7 Å². The molecule has 0 aliphatic heterocycles. The second-order valence-electron chi connectivity index (χ2n) is 7.54. The standard InChI is InChI=1S/C21H31F3N2O3S/c1-3-14-25-15-4-5-16-29-19-10-8-18(9-11-19)26(2)30(27,28)20-12-6-17(7-13-20)21(22,23)24/h3,6-7,12-13,18-19,25H,1,4-5,8-11,14-16H2,2H3/t18-,19-. The van der Waals surface area contributed by atoms with Crippen LogP contribution >= 0.6 is 0 Å². The van der Waals surface area contributed by atoms with Gasteiger partial charge in [0, 0.05) is 26.2 Å². The first-order valence-corrected chi connectivity index (χ1v) is 11.7. The van der Waals surface area contributed by atoms with Crippen LogP contribution in [-0.4, -0.2) is 51.6 Å². The molecule has 1 aliphatic rings. The summed E-state index contributed by atoms with van der Waals surface area (Å²) in [5, 5.41) is 3.24. The number of benzene rings is 1. The topological polar surface area (TPSA) is 58.6 Å². The van der Waals surface area contributed by atoms with E-state index in [0.717, 1.165) is 63.0 Å². The first kappa shape index (κ1) is 24.8. The van der Waals surface area contributed by atoms with E-state index in [0.29, 0.717) is 19.4 Å². The van der Waals surface area contributed by atoms with E-state index in [-0.39, 0.29) is 17.0 Å². The zero-order valence-corrected chi connectivity index (χ0v) is 18.1. The molecule has 0 aromatic heterocycles. The van der Waals surface area contributed by atoms with Crippen LogP contribution in [0.15, 0.2) is 41.8 Å². The Balaban J connectivity index is 1.80. The third-order valence-electron chi connectivity index (χ3n) is 5.41. The molecule has 0 unspecified atom stereocenters. The number of hydrogen-bond donors (Lipinski definition) is 1. The predicted molar refractivity (Wildman–Crippen MR) is 111 cm³/mol. The van der Waals surface area contributed by atoms with Gasteiger partial charge in [-0.2, -0.15) is 17.5 Å². The van der Waals surface area contributed by atoms with Crippen molar-refractivity contribution in [2.75, 3.05) is 26.7 Å². The SMILES string of the molecule is C=CCNCCCCO[C@H]1CC[C@H](N(C)S(=O)(=O)c2ccc(C(F)(F)F)cc2)CC1. The molecule has 0 spiro atoms. The van der Waals surface area contributed by atoms with E-state index < -0.39 is 21.8 Å². The number of ether oxygens (including phenoxy) is 1. The average molecular weight is 449 g/mol. The van der Waals surface area contributed by atoms with Crippen LogP contribution in [0.4, 0.5) is 13.2 Å². The number of unbranched alkanes of at least 4 members (excludes halogenated alkanes) is 1. The third-order valence-corrected chi connectivity index (χ3v) is 7.33. The molecule has 1 aromatic carbocycles. The van der Waals surface area contributed by atoms with Gasteiger partial charge in [-0.05, 0) is 69.3 Å². The predicted octanol–water partition coefficient (Wildman–Crippen LogP) is 4.21. The van der Waals surface area contributed by atoms with Crippen LogP contribution in [0.25, 0.3) is 0 Å². The molecule has 0 radical (unpaired) electrons. The summed E-state index contributed by atoms with van der Waals surface area (Å²) in [4.78, 5) is -0.124. The number of rotatable bonds is 11. The highest BCUT2D eigenvalue weighted by Crippen LogP contribution is 2.32. The zero-order valence-electron chi connectivity index (χ0n) is 17.3. The quantitative estimate of drug-likeness (QED) is 0.407. The highest BCUT2D eigenvalue weighted by Gasteiger charge is 2.34. The highest BCUT2D eigenvalue weighted by atomic mass is 32.2. The van der Waals surface area contributed by atoms with E-state index in [1.807, 2.05) is 6.08 Å². The molecule has 0 amide bonds. The summed E-state index contributed by atoms with van der Waals surface area (Å²) in [6, 6.07) is 3.47. The van der Waals surface area contributed by atoms with Crippen molar-refractivity contribution >= 4 is 10.0 Å². The molecule has 0 atom stereocenters. The van der Waals surface area contributed by atoms with E-state index >= 15 is 0 Å². The molecular formula is C21H31F3N2O3S. The van der Waals surface area contributed by atoms with E-state index in [1.165, 1.54) is 11.4 Å². The van der Waals surface area contributed by atoms with Gasteiger partial charge < -0.3 is 10.1 Å². The molecule has 1 aromatic rings. The number of alkyl halides is 3. The number of nitrogens with one attached hydrogen (secondary N) is 1. The maximum atomic E-state index is 12.8. The van der Waals surface area contributed by atoms with Crippen molar-refractivity contribution in [3.8, 4) is 0 Å². The van der Waals surface area contributed by atoms with Crippen molar-refractivity contribution < 1.29 is 26.3 Å². The molecular weight excluding hydrogens is 417 g/mol. The molecule has 1 fully saturated rings. The lowest BCUT2D eigenvalue weighted by atomic mass is 9.93. The normalized spacial score (nSPS) is 20.4. The Morgan fingerprint density at radius 2 is 1.80 bits per heavy atom. The minimum absolute atomic E-state index is 0.124.